The number of hydrogen-bond acceptors (Lipinski definition) is 4. The average Bonchev–Trinajstić information content (AvgIpc) is 3.07. The van der Waals surface area contributed by atoms with Crippen LogP contribution in [0.2, 0.25) is 0 Å². The summed E-state index contributed by atoms with van der Waals surface area (Å²) in [4.78, 5) is 4.04. The van der Waals surface area contributed by atoms with E-state index in [0.717, 1.165) is 17.0 Å². The summed E-state index contributed by atoms with van der Waals surface area (Å²) in [6, 6.07) is 8.20. The van der Waals surface area contributed by atoms with E-state index in [-0.39, 0.29) is 6.04 Å². The van der Waals surface area contributed by atoms with Crippen molar-refractivity contribution in [3.63, 3.8) is 0 Å². The zero-order valence-electron chi connectivity index (χ0n) is 13.5. The Hall–Kier alpha value is -2.25. The molecule has 0 saturated heterocycles. The Labute approximate surface area is 141 Å². The zero-order chi connectivity index (χ0) is 16.7. The molecule has 7 heteroatoms. The Balaban J connectivity index is 1.94. The first-order chi connectivity index (χ1) is 11.1. The van der Waals surface area contributed by atoms with Gasteiger partial charge in [0.1, 0.15) is 0 Å². The number of thiocarbonyl (C=S) groups is 1. The van der Waals surface area contributed by atoms with E-state index in [1.165, 1.54) is 0 Å². The third-order valence-corrected chi connectivity index (χ3v) is 3.42. The van der Waals surface area contributed by atoms with Gasteiger partial charge in [-0.3, -0.25) is 5.43 Å². The van der Waals surface area contributed by atoms with Gasteiger partial charge in [0.05, 0.1) is 18.6 Å². The third-order valence-electron chi connectivity index (χ3n) is 3.21. The summed E-state index contributed by atoms with van der Waals surface area (Å²) in [6.45, 7) is 4.50. The molecular weight excluding hydrogens is 310 g/mol. The van der Waals surface area contributed by atoms with Gasteiger partial charge in [0, 0.05) is 31.2 Å². The van der Waals surface area contributed by atoms with Crippen molar-refractivity contribution in [3.8, 4) is 5.69 Å². The first-order valence-electron chi connectivity index (χ1n) is 7.28. The molecule has 2 N–H and O–H groups in total. The largest absolute Gasteiger partial charge is 0.383 e. The van der Waals surface area contributed by atoms with Crippen LogP contribution in [-0.2, 0) is 4.74 Å². The van der Waals surface area contributed by atoms with Crippen molar-refractivity contribution >= 4 is 23.0 Å². The van der Waals surface area contributed by atoms with Crippen molar-refractivity contribution in [2.45, 2.75) is 19.9 Å². The summed E-state index contributed by atoms with van der Waals surface area (Å²) >= 11 is 5.19. The van der Waals surface area contributed by atoms with Gasteiger partial charge in [0.15, 0.2) is 5.11 Å². The molecule has 23 heavy (non-hydrogen) atoms. The number of ether oxygens (including phenoxy) is 1. The van der Waals surface area contributed by atoms with E-state index < -0.39 is 0 Å². The van der Waals surface area contributed by atoms with Crippen LogP contribution in [0.1, 0.15) is 19.4 Å². The van der Waals surface area contributed by atoms with Crippen molar-refractivity contribution in [2.75, 3.05) is 13.7 Å². The van der Waals surface area contributed by atoms with Crippen LogP contribution in [0.15, 0.2) is 48.1 Å². The van der Waals surface area contributed by atoms with Crippen LogP contribution in [0.25, 0.3) is 5.69 Å². The van der Waals surface area contributed by atoms with E-state index in [1.807, 2.05) is 48.9 Å². The smallest absolute Gasteiger partial charge is 0.187 e. The van der Waals surface area contributed by atoms with Crippen molar-refractivity contribution in [3.05, 3.63) is 48.5 Å². The maximum atomic E-state index is 5.19. The van der Waals surface area contributed by atoms with Gasteiger partial charge in [-0.1, -0.05) is 12.1 Å². The van der Waals surface area contributed by atoms with Crippen LogP contribution >= 0.6 is 12.2 Å². The summed E-state index contributed by atoms with van der Waals surface area (Å²) < 4.78 is 7.00. The molecule has 0 fully saturated rings. The van der Waals surface area contributed by atoms with Crippen molar-refractivity contribution in [2.24, 2.45) is 5.10 Å². The van der Waals surface area contributed by atoms with Crippen LogP contribution in [-0.4, -0.2) is 40.1 Å². The molecule has 0 radical (unpaired) electrons. The first-order valence-corrected chi connectivity index (χ1v) is 7.69. The van der Waals surface area contributed by atoms with E-state index in [4.69, 9.17) is 17.0 Å². The first kappa shape index (κ1) is 17.1. The Kier molecular flexibility index (Phi) is 6.25. The molecule has 6 nitrogen and oxygen atoms in total. The molecule has 0 aliphatic carbocycles. The molecule has 0 saturated carbocycles. The topological polar surface area (TPSA) is 63.5 Å². The molecule has 2 aromatic rings. The lowest BCUT2D eigenvalue weighted by Crippen LogP contribution is -2.40. The average molecular weight is 331 g/mol. The highest BCUT2D eigenvalue weighted by molar-refractivity contribution is 7.80. The normalized spacial score (nSPS) is 12.7. The fourth-order valence-electron chi connectivity index (χ4n) is 2.03. The molecule has 0 aliphatic heterocycles. The molecular formula is C16H21N5OS. The van der Waals surface area contributed by atoms with Crippen LogP contribution < -0.4 is 10.7 Å². The predicted octanol–water partition coefficient (Wildman–Crippen LogP) is 2.10. The molecule has 0 amide bonds. The van der Waals surface area contributed by atoms with Gasteiger partial charge in [0.25, 0.3) is 0 Å². The summed E-state index contributed by atoms with van der Waals surface area (Å²) in [6.07, 6.45) is 5.43. The summed E-state index contributed by atoms with van der Waals surface area (Å²) in [7, 11) is 1.66. The summed E-state index contributed by atoms with van der Waals surface area (Å²) in [5.41, 5.74) is 5.78. The second-order valence-electron chi connectivity index (χ2n) is 5.16. The molecule has 1 aromatic carbocycles. The maximum Gasteiger partial charge on any atom is 0.187 e. The lowest BCUT2D eigenvalue weighted by atomic mass is 10.1. The van der Waals surface area contributed by atoms with E-state index >= 15 is 0 Å². The van der Waals surface area contributed by atoms with Gasteiger partial charge >= 0.3 is 0 Å². The SMILES string of the molecule is COC[C@H](C)NC(=S)N/N=C(/C)c1ccc(-n2ccnc2)cc1. The number of benzene rings is 1. The molecule has 0 bridgehead atoms. The zero-order valence-corrected chi connectivity index (χ0v) is 14.3. The minimum Gasteiger partial charge on any atom is -0.383 e. The summed E-state index contributed by atoms with van der Waals surface area (Å²) in [5.74, 6) is 0. The quantitative estimate of drug-likeness (QED) is 0.482. The van der Waals surface area contributed by atoms with E-state index in [9.17, 15) is 0 Å². The highest BCUT2D eigenvalue weighted by Gasteiger charge is 2.03. The number of aromatic nitrogens is 2. The molecule has 122 valence electrons. The van der Waals surface area contributed by atoms with E-state index in [1.54, 1.807) is 19.6 Å². The van der Waals surface area contributed by atoms with Crippen LogP contribution in [0, 0.1) is 0 Å². The Bertz CT molecular complexity index is 652. The Morgan fingerprint density at radius 1 is 1.39 bits per heavy atom. The molecule has 0 aliphatic rings. The number of methoxy groups -OCH3 is 1. The van der Waals surface area contributed by atoms with Crippen LogP contribution in [0.5, 0.6) is 0 Å². The maximum absolute atomic E-state index is 5.19. The fourth-order valence-corrected chi connectivity index (χ4v) is 2.28. The number of imidazole rings is 1. The van der Waals surface area contributed by atoms with Gasteiger partial charge in [0.2, 0.25) is 0 Å². The van der Waals surface area contributed by atoms with E-state index in [2.05, 4.69) is 20.8 Å². The van der Waals surface area contributed by atoms with Crippen molar-refractivity contribution < 1.29 is 4.74 Å². The lowest BCUT2D eigenvalue weighted by molar-refractivity contribution is 0.179. The highest BCUT2D eigenvalue weighted by Crippen LogP contribution is 2.09. The minimum absolute atomic E-state index is 0.130. The number of nitrogens with zero attached hydrogens (tertiary/aromatic N) is 3. The monoisotopic (exact) mass is 331 g/mol. The number of hydrogen-bond donors (Lipinski definition) is 2. The summed E-state index contributed by atoms with van der Waals surface area (Å²) in [5, 5.41) is 7.87. The molecule has 2 rings (SSSR count). The second-order valence-corrected chi connectivity index (χ2v) is 5.56. The van der Waals surface area contributed by atoms with Crippen LogP contribution in [0.4, 0.5) is 0 Å². The van der Waals surface area contributed by atoms with Gasteiger partial charge in [-0.15, -0.1) is 0 Å². The number of rotatable bonds is 6. The standard InChI is InChI=1S/C16H21N5OS/c1-12(10-22-3)18-16(23)20-19-13(2)14-4-6-15(7-5-14)21-9-8-17-11-21/h4-9,11-12H,10H2,1-3H3,(H2,18,20,23)/b19-13-/t12-/m0/s1. The molecule has 0 unspecified atom stereocenters. The van der Waals surface area contributed by atoms with E-state index in [0.29, 0.717) is 11.7 Å². The fraction of sp³-hybridized carbons (Fsp3) is 0.312. The van der Waals surface area contributed by atoms with Crippen molar-refractivity contribution in [1.82, 2.24) is 20.3 Å². The molecule has 1 heterocycles. The second kappa shape index (κ2) is 8.40. The van der Waals surface area contributed by atoms with Gasteiger partial charge in [-0.05, 0) is 43.8 Å². The minimum atomic E-state index is 0.130. The third kappa shape index (κ3) is 5.15. The Morgan fingerprint density at radius 2 is 2.13 bits per heavy atom. The highest BCUT2D eigenvalue weighted by atomic mass is 32.1. The molecule has 0 spiro atoms. The lowest BCUT2D eigenvalue weighted by Gasteiger charge is -2.14. The predicted molar refractivity (Wildman–Crippen MR) is 96.0 cm³/mol. The molecule has 1 atom stereocenters. The van der Waals surface area contributed by atoms with Gasteiger partial charge in [-0.25, -0.2) is 4.98 Å². The van der Waals surface area contributed by atoms with Gasteiger partial charge in [-0.2, -0.15) is 5.10 Å². The van der Waals surface area contributed by atoms with Crippen LogP contribution in [0.3, 0.4) is 0 Å². The number of hydrazone groups is 1. The van der Waals surface area contributed by atoms with Crippen molar-refractivity contribution in [1.29, 1.82) is 0 Å². The molecule has 1 aromatic heterocycles. The Morgan fingerprint density at radius 3 is 2.74 bits per heavy atom. The van der Waals surface area contributed by atoms with Gasteiger partial charge < -0.3 is 14.6 Å². The number of nitrogens with one attached hydrogen (secondary N) is 2.